The first-order valence-electron chi connectivity index (χ1n) is 6.26. The summed E-state index contributed by atoms with van der Waals surface area (Å²) in [4.78, 5) is 6.78. The number of piperidine rings is 1. The third-order valence-electron chi connectivity index (χ3n) is 3.28. The maximum absolute atomic E-state index is 4.39. The summed E-state index contributed by atoms with van der Waals surface area (Å²) in [7, 11) is 2.19. The molecule has 1 fully saturated rings. The highest BCUT2D eigenvalue weighted by Crippen LogP contribution is 2.24. The lowest BCUT2D eigenvalue weighted by atomic mass is 10.1. The number of aromatic nitrogens is 2. The molecule has 0 atom stereocenters. The van der Waals surface area contributed by atoms with Crippen LogP contribution in [0, 0.1) is 0 Å². The Labute approximate surface area is 97.7 Å². The molecule has 1 N–H and O–H groups in total. The molecule has 1 saturated heterocycles. The van der Waals surface area contributed by atoms with Gasteiger partial charge in [-0.2, -0.15) is 0 Å². The SMILES string of the molecule is CCCNc1nccn1C1CCN(C)CC1. The summed E-state index contributed by atoms with van der Waals surface area (Å²) < 4.78 is 2.31. The van der Waals surface area contributed by atoms with Crippen molar-refractivity contribution in [3.05, 3.63) is 12.4 Å². The first-order valence-corrected chi connectivity index (χ1v) is 6.26. The predicted molar refractivity (Wildman–Crippen MR) is 66.8 cm³/mol. The van der Waals surface area contributed by atoms with E-state index in [4.69, 9.17) is 0 Å². The predicted octanol–water partition coefficient (Wildman–Crippen LogP) is 1.97. The van der Waals surface area contributed by atoms with Crippen LogP contribution in [0.15, 0.2) is 12.4 Å². The molecule has 16 heavy (non-hydrogen) atoms. The molecule has 2 heterocycles. The molecule has 0 saturated carbocycles. The van der Waals surface area contributed by atoms with Crippen LogP contribution >= 0.6 is 0 Å². The normalized spacial score (nSPS) is 18.9. The van der Waals surface area contributed by atoms with Gasteiger partial charge in [-0.15, -0.1) is 0 Å². The van der Waals surface area contributed by atoms with Gasteiger partial charge in [-0.25, -0.2) is 4.98 Å². The quantitative estimate of drug-likeness (QED) is 0.845. The van der Waals surface area contributed by atoms with Crippen molar-refractivity contribution >= 4 is 5.95 Å². The number of hydrogen-bond acceptors (Lipinski definition) is 3. The number of likely N-dealkylation sites (tertiary alicyclic amines) is 1. The summed E-state index contributed by atoms with van der Waals surface area (Å²) >= 11 is 0. The minimum absolute atomic E-state index is 0.623. The van der Waals surface area contributed by atoms with Crippen LogP contribution in [-0.2, 0) is 0 Å². The molecule has 0 aliphatic carbocycles. The van der Waals surface area contributed by atoms with E-state index >= 15 is 0 Å². The van der Waals surface area contributed by atoms with Crippen LogP contribution in [0.25, 0.3) is 0 Å². The number of nitrogens with one attached hydrogen (secondary N) is 1. The lowest BCUT2D eigenvalue weighted by Crippen LogP contribution is -2.31. The molecule has 4 nitrogen and oxygen atoms in total. The molecule has 1 aromatic heterocycles. The average molecular weight is 222 g/mol. The Kier molecular flexibility index (Phi) is 3.83. The maximum Gasteiger partial charge on any atom is 0.203 e. The van der Waals surface area contributed by atoms with E-state index in [0.29, 0.717) is 6.04 Å². The number of nitrogens with zero attached hydrogens (tertiary/aromatic N) is 3. The van der Waals surface area contributed by atoms with Gasteiger partial charge in [0.05, 0.1) is 0 Å². The lowest BCUT2D eigenvalue weighted by molar-refractivity contribution is 0.222. The second-order valence-electron chi connectivity index (χ2n) is 4.62. The van der Waals surface area contributed by atoms with Gasteiger partial charge >= 0.3 is 0 Å². The van der Waals surface area contributed by atoms with E-state index in [1.165, 1.54) is 25.9 Å². The van der Waals surface area contributed by atoms with Crippen molar-refractivity contribution in [1.82, 2.24) is 14.5 Å². The summed E-state index contributed by atoms with van der Waals surface area (Å²) in [6.07, 6.45) is 7.60. The van der Waals surface area contributed by atoms with E-state index in [9.17, 15) is 0 Å². The third kappa shape index (κ3) is 2.55. The Bertz CT molecular complexity index is 313. The zero-order valence-corrected chi connectivity index (χ0v) is 10.3. The average Bonchev–Trinajstić information content (AvgIpc) is 2.75. The molecule has 1 aliphatic heterocycles. The number of anilines is 1. The Balaban J connectivity index is 1.99. The molecular weight excluding hydrogens is 200 g/mol. The molecule has 1 aliphatic rings. The first-order chi connectivity index (χ1) is 7.81. The van der Waals surface area contributed by atoms with Crippen LogP contribution in [0.2, 0.25) is 0 Å². The number of rotatable bonds is 4. The Morgan fingerprint density at radius 2 is 2.19 bits per heavy atom. The van der Waals surface area contributed by atoms with Crippen molar-refractivity contribution in [2.75, 3.05) is 32.0 Å². The van der Waals surface area contributed by atoms with Crippen molar-refractivity contribution in [3.8, 4) is 0 Å². The van der Waals surface area contributed by atoms with Crippen molar-refractivity contribution in [2.24, 2.45) is 0 Å². The van der Waals surface area contributed by atoms with Gasteiger partial charge in [-0.3, -0.25) is 0 Å². The van der Waals surface area contributed by atoms with Gasteiger partial charge in [-0.05, 0) is 39.4 Å². The molecule has 0 amide bonds. The Morgan fingerprint density at radius 3 is 2.88 bits per heavy atom. The van der Waals surface area contributed by atoms with Crippen molar-refractivity contribution < 1.29 is 0 Å². The molecular formula is C12H22N4. The second-order valence-corrected chi connectivity index (χ2v) is 4.62. The van der Waals surface area contributed by atoms with Gasteiger partial charge in [0.15, 0.2) is 0 Å². The van der Waals surface area contributed by atoms with Crippen molar-refractivity contribution in [2.45, 2.75) is 32.2 Å². The van der Waals surface area contributed by atoms with Gasteiger partial charge < -0.3 is 14.8 Å². The smallest absolute Gasteiger partial charge is 0.203 e. The molecule has 2 rings (SSSR count). The minimum Gasteiger partial charge on any atom is -0.356 e. The highest BCUT2D eigenvalue weighted by molar-refractivity contribution is 5.26. The van der Waals surface area contributed by atoms with Crippen LogP contribution < -0.4 is 5.32 Å². The van der Waals surface area contributed by atoms with E-state index in [0.717, 1.165) is 18.9 Å². The van der Waals surface area contributed by atoms with E-state index in [-0.39, 0.29) is 0 Å². The van der Waals surface area contributed by atoms with E-state index in [2.05, 4.69) is 39.9 Å². The van der Waals surface area contributed by atoms with Gasteiger partial charge in [0.2, 0.25) is 5.95 Å². The molecule has 90 valence electrons. The lowest BCUT2D eigenvalue weighted by Gasteiger charge is -2.30. The van der Waals surface area contributed by atoms with Gasteiger partial charge in [-0.1, -0.05) is 6.92 Å². The molecule has 0 aromatic carbocycles. The summed E-state index contributed by atoms with van der Waals surface area (Å²) in [5, 5.41) is 3.39. The van der Waals surface area contributed by atoms with Crippen LogP contribution in [-0.4, -0.2) is 41.1 Å². The van der Waals surface area contributed by atoms with Crippen molar-refractivity contribution in [3.63, 3.8) is 0 Å². The molecule has 0 radical (unpaired) electrons. The number of imidazole rings is 1. The van der Waals surface area contributed by atoms with Crippen LogP contribution in [0.3, 0.4) is 0 Å². The van der Waals surface area contributed by atoms with Crippen LogP contribution in [0.1, 0.15) is 32.2 Å². The fourth-order valence-corrected chi connectivity index (χ4v) is 2.25. The van der Waals surface area contributed by atoms with Crippen LogP contribution in [0.5, 0.6) is 0 Å². The summed E-state index contributed by atoms with van der Waals surface area (Å²) in [5.74, 6) is 1.04. The monoisotopic (exact) mass is 222 g/mol. The van der Waals surface area contributed by atoms with Gasteiger partial charge in [0.25, 0.3) is 0 Å². The summed E-state index contributed by atoms with van der Waals surface area (Å²) in [6, 6.07) is 0.623. The van der Waals surface area contributed by atoms with E-state index < -0.39 is 0 Å². The maximum atomic E-state index is 4.39. The third-order valence-corrected chi connectivity index (χ3v) is 3.28. The molecule has 0 unspecified atom stereocenters. The molecule has 0 spiro atoms. The summed E-state index contributed by atoms with van der Waals surface area (Å²) in [6.45, 7) is 5.56. The Morgan fingerprint density at radius 1 is 1.44 bits per heavy atom. The number of hydrogen-bond donors (Lipinski definition) is 1. The summed E-state index contributed by atoms with van der Waals surface area (Å²) in [5.41, 5.74) is 0. The zero-order valence-electron chi connectivity index (χ0n) is 10.3. The fraction of sp³-hybridized carbons (Fsp3) is 0.750. The largest absolute Gasteiger partial charge is 0.356 e. The molecule has 0 bridgehead atoms. The highest BCUT2D eigenvalue weighted by atomic mass is 15.2. The van der Waals surface area contributed by atoms with Crippen LogP contribution in [0.4, 0.5) is 5.95 Å². The molecule has 1 aromatic rings. The first kappa shape index (κ1) is 11.5. The standard InChI is InChI=1S/C12H22N4/c1-3-6-13-12-14-7-10-16(12)11-4-8-15(2)9-5-11/h7,10-11H,3-6,8-9H2,1-2H3,(H,13,14). The second kappa shape index (κ2) is 5.34. The van der Waals surface area contributed by atoms with Crippen molar-refractivity contribution in [1.29, 1.82) is 0 Å². The zero-order chi connectivity index (χ0) is 11.4. The molecule has 4 heteroatoms. The topological polar surface area (TPSA) is 33.1 Å². The highest BCUT2D eigenvalue weighted by Gasteiger charge is 2.19. The Hall–Kier alpha value is -1.03. The van der Waals surface area contributed by atoms with Gasteiger partial charge in [0, 0.05) is 25.0 Å². The fourth-order valence-electron chi connectivity index (χ4n) is 2.25. The minimum atomic E-state index is 0.623. The van der Waals surface area contributed by atoms with Gasteiger partial charge in [0.1, 0.15) is 0 Å². The van der Waals surface area contributed by atoms with E-state index in [1.54, 1.807) is 0 Å². The van der Waals surface area contributed by atoms with E-state index in [1.807, 2.05) is 6.20 Å².